The van der Waals surface area contributed by atoms with Crippen molar-refractivity contribution in [3.8, 4) is 56.2 Å². The summed E-state index contributed by atoms with van der Waals surface area (Å²) in [6.07, 6.45) is 0. The van der Waals surface area contributed by atoms with Crippen molar-refractivity contribution in [1.82, 2.24) is 9.97 Å². The standard InChI is InChI=1S/C45H32N2/c1-45(2)40-20-12-11-18-36(40)39-27-38-32(26-41(39)45)22-21-31-25-33(23-24-35(31)38)43-28-42(30-15-7-4-8-16-30)46-44(47-43)37-19-10-9-17-34(37)29-13-5-3-6-14-29/h3-28H,1-2H3. The van der Waals surface area contributed by atoms with Gasteiger partial charge in [0.1, 0.15) is 0 Å². The first-order chi connectivity index (χ1) is 23.0. The summed E-state index contributed by atoms with van der Waals surface area (Å²) < 4.78 is 0. The van der Waals surface area contributed by atoms with Crippen molar-refractivity contribution in [2.75, 3.05) is 0 Å². The van der Waals surface area contributed by atoms with Crippen molar-refractivity contribution in [2.24, 2.45) is 0 Å². The Hall–Kier alpha value is -5.86. The van der Waals surface area contributed by atoms with Crippen LogP contribution in [-0.4, -0.2) is 9.97 Å². The van der Waals surface area contributed by atoms with Crippen LogP contribution in [0.5, 0.6) is 0 Å². The largest absolute Gasteiger partial charge is 0.228 e. The molecule has 1 aromatic heterocycles. The maximum Gasteiger partial charge on any atom is 0.161 e. The Bertz CT molecular complexity index is 2480. The summed E-state index contributed by atoms with van der Waals surface area (Å²) in [7, 11) is 0. The van der Waals surface area contributed by atoms with Crippen LogP contribution in [0.4, 0.5) is 0 Å². The molecule has 0 saturated carbocycles. The first-order valence-corrected chi connectivity index (χ1v) is 16.3. The van der Waals surface area contributed by atoms with E-state index in [1.165, 1.54) is 43.8 Å². The molecule has 0 spiro atoms. The van der Waals surface area contributed by atoms with Gasteiger partial charge in [-0.2, -0.15) is 0 Å². The van der Waals surface area contributed by atoms with Gasteiger partial charge in [0.15, 0.2) is 5.82 Å². The molecule has 9 rings (SSSR count). The Morgan fingerprint density at radius 2 is 0.979 bits per heavy atom. The van der Waals surface area contributed by atoms with Gasteiger partial charge in [0, 0.05) is 22.1 Å². The molecule has 0 radical (unpaired) electrons. The van der Waals surface area contributed by atoms with Crippen molar-refractivity contribution in [3.63, 3.8) is 0 Å². The van der Waals surface area contributed by atoms with Gasteiger partial charge in [-0.25, -0.2) is 9.97 Å². The fraction of sp³-hybridized carbons (Fsp3) is 0.0667. The fourth-order valence-electron chi connectivity index (χ4n) is 7.44. The van der Waals surface area contributed by atoms with Crippen molar-refractivity contribution >= 4 is 21.5 Å². The minimum atomic E-state index is -0.0146. The fourth-order valence-corrected chi connectivity index (χ4v) is 7.44. The lowest BCUT2D eigenvalue weighted by atomic mass is 9.81. The smallest absolute Gasteiger partial charge is 0.161 e. The minimum absolute atomic E-state index is 0.0146. The monoisotopic (exact) mass is 600 g/mol. The quantitative estimate of drug-likeness (QED) is 0.188. The molecule has 0 N–H and O–H groups in total. The highest BCUT2D eigenvalue weighted by Gasteiger charge is 2.35. The Morgan fingerprint density at radius 3 is 1.72 bits per heavy atom. The second-order valence-corrected chi connectivity index (χ2v) is 13.0. The number of rotatable bonds is 4. The van der Waals surface area contributed by atoms with Gasteiger partial charge in [-0.15, -0.1) is 0 Å². The minimum Gasteiger partial charge on any atom is -0.228 e. The zero-order valence-corrected chi connectivity index (χ0v) is 26.4. The van der Waals surface area contributed by atoms with Crippen LogP contribution in [0, 0.1) is 0 Å². The van der Waals surface area contributed by atoms with Crippen molar-refractivity contribution < 1.29 is 0 Å². The molecule has 0 fully saturated rings. The molecule has 2 heteroatoms. The van der Waals surface area contributed by atoms with E-state index in [0.717, 1.165) is 45.0 Å². The molecule has 1 aliphatic carbocycles. The highest BCUT2D eigenvalue weighted by atomic mass is 14.9. The maximum absolute atomic E-state index is 5.23. The SMILES string of the molecule is CC1(C)c2ccccc2-c2cc3c(ccc4cc(-c5cc(-c6ccccc6)nc(-c6ccccc6-c6ccccc6)n5)ccc43)cc21. The zero-order chi connectivity index (χ0) is 31.5. The van der Waals surface area contributed by atoms with Crippen LogP contribution in [0.3, 0.4) is 0 Å². The zero-order valence-electron chi connectivity index (χ0n) is 26.4. The van der Waals surface area contributed by atoms with Gasteiger partial charge >= 0.3 is 0 Å². The van der Waals surface area contributed by atoms with E-state index in [1.54, 1.807) is 0 Å². The first kappa shape index (κ1) is 27.5. The van der Waals surface area contributed by atoms with E-state index in [9.17, 15) is 0 Å². The molecule has 0 saturated heterocycles. The molecule has 8 aromatic rings. The maximum atomic E-state index is 5.23. The molecule has 0 unspecified atom stereocenters. The average Bonchev–Trinajstić information content (AvgIpc) is 3.36. The van der Waals surface area contributed by atoms with Crippen LogP contribution in [0.15, 0.2) is 158 Å². The average molecular weight is 601 g/mol. The summed E-state index contributed by atoms with van der Waals surface area (Å²) >= 11 is 0. The van der Waals surface area contributed by atoms with Crippen LogP contribution >= 0.6 is 0 Å². The highest BCUT2D eigenvalue weighted by molar-refractivity contribution is 6.10. The van der Waals surface area contributed by atoms with Crippen LogP contribution < -0.4 is 0 Å². The molecule has 1 heterocycles. The summed E-state index contributed by atoms with van der Waals surface area (Å²) in [5, 5.41) is 5.01. The lowest BCUT2D eigenvalue weighted by Crippen LogP contribution is -2.14. The van der Waals surface area contributed by atoms with E-state index >= 15 is 0 Å². The Kier molecular flexibility index (Phi) is 6.20. The van der Waals surface area contributed by atoms with Crippen LogP contribution in [0.2, 0.25) is 0 Å². The van der Waals surface area contributed by atoms with E-state index in [4.69, 9.17) is 9.97 Å². The first-order valence-electron chi connectivity index (χ1n) is 16.3. The predicted octanol–water partition coefficient (Wildman–Crippen LogP) is 11.8. The van der Waals surface area contributed by atoms with Gasteiger partial charge in [-0.3, -0.25) is 0 Å². The molecule has 0 atom stereocenters. The molecule has 7 aromatic carbocycles. The summed E-state index contributed by atoms with van der Waals surface area (Å²) in [6, 6.07) is 56.4. The molecule has 2 nitrogen and oxygen atoms in total. The summed E-state index contributed by atoms with van der Waals surface area (Å²) in [5.41, 5.74) is 12.7. The highest BCUT2D eigenvalue weighted by Crippen LogP contribution is 2.50. The number of aromatic nitrogens is 2. The number of benzene rings is 7. The van der Waals surface area contributed by atoms with E-state index in [0.29, 0.717) is 0 Å². The Morgan fingerprint density at radius 1 is 0.383 bits per heavy atom. The van der Waals surface area contributed by atoms with E-state index in [-0.39, 0.29) is 5.41 Å². The van der Waals surface area contributed by atoms with Crippen LogP contribution in [0.1, 0.15) is 25.0 Å². The second kappa shape index (κ2) is 10.6. The summed E-state index contributed by atoms with van der Waals surface area (Å²) in [4.78, 5) is 10.4. The van der Waals surface area contributed by atoms with Crippen molar-refractivity contribution in [3.05, 3.63) is 169 Å². The molecule has 47 heavy (non-hydrogen) atoms. The number of fused-ring (bicyclic) bond motifs is 6. The lowest BCUT2D eigenvalue weighted by molar-refractivity contribution is 0.661. The van der Waals surface area contributed by atoms with Gasteiger partial charge in [0.25, 0.3) is 0 Å². The van der Waals surface area contributed by atoms with Gasteiger partial charge in [-0.05, 0) is 79.2 Å². The molecule has 0 bridgehead atoms. The summed E-state index contributed by atoms with van der Waals surface area (Å²) in [6.45, 7) is 4.68. The van der Waals surface area contributed by atoms with E-state index in [2.05, 4.69) is 159 Å². The van der Waals surface area contributed by atoms with Crippen LogP contribution in [-0.2, 0) is 5.41 Å². The molecule has 1 aliphatic rings. The molecular weight excluding hydrogens is 569 g/mol. The third-order valence-corrected chi connectivity index (χ3v) is 9.88. The normalized spacial score (nSPS) is 13.1. The molecule has 0 amide bonds. The van der Waals surface area contributed by atoms with Crippen molar-refractivity contribution in [1.29, 1.82) is 0 Å². The predicted molar refractivity (Wildman–Crippen MR) is 196 cm³/mol. The number of hydrogen-bond donors (Lipinski definition) is 0. The van der Waals surface area contributed by atoms with Crippen molar-refractivity contribution in [2.45, 2.75) is 19.3 Å². The Balaban J connectivity index is 1.22. The third kappa shape index (κ3) is 4.48. The van der Waals surface area contributed by atoms with E-state index < -0.39 is 0 Å². The third-order valence-electron chi connectivity index (χ3n) is 9.88. The Labute approximate surface area is 275 Å². The number of hydrogen-bond acceptors (Lipinski definition) is 2. The van der Waals surface area contributed by atoms with Gasteiger partial charge in [0.2, 0.25) is 0 Å². The molecule has 0 aliphatic heterocycles. The molecular formula is C45H32N2. The second-order valence-electron chi connectivity index (χ2n) is 13.0. The van der Waals surface area contributed by atoms with Gasteiger partial charge < -0.3 is 0 Å². The van der Waals surface area contributed by atoms with Gasteiger partial charge in [-0.1, -0.05) is 147 Å². The number of nitrogens with zero attached hydrogens (tertiary/aromatic N) is 2. The summed E-state index contributed by atoms with van der Waals surface area (Å²) in [5.74, 6) is 0.719. The van der Waals surface area contributed by atoms with Gasteiger partial charge in [0.05, 0.1) is 11.4 Å². The van der Waals surface area contributed by atoms with Crippen LogP contribution in [0.25, 0.3) is 77.7 Å². The molecule has 222 valence electrons. The lowest BCUT2D eigenvalue weighted by Gasteiger charge is -2.21. The topological polar surface area (TPSA) is 25.8 Å². The van der Waals surface area contributed by atoms with E-state index in [1.807, 2.05) is 12.1 Å².